The minimum atomic E-state index is -0.446. The van der Waals surface area contributed by atoms with Crippen molar-refractivity contribution in [2.75, 3.05) is 5.73 Å². The lowest BCUT2D eigenvalue weighted by Crippen LogP contribution is -2.12. The zero-order valence-electron chi connectivity index (χ0n) is 6.52. The molecule has 2 aromatic heterocycles. The number of anilines is 1. The maximum atomic E-state index is 10.7. The number of thiazole rings is 1. The molecule has 0 aromatic carbocycles. The summed E-state index contributed by atoms with van der Waals surface area (Å²) in [5.74, 6) is 0.301. The number of hydrogen-bond acceptors (Lipinski definition) is 5. The van der Waals surface area contributed by atoms with Gasteiger partial charge in [-0.1, -0.05) is 0 Å². The van der Waals surface area contributed by atoms with Crippen LogP contribution in [0.2, 0.25) is 0 Å². The van der Waals surface area contributed by atoms with Crippen molar-refractivity contribution in [1.82, 2.24) is 15.0 Å². The lowest BCUT2D eigenvalue weighted by molar-refractivity contribution is 1.09. The molecule has 0 unspecified atom stereocenters. The number of nitrogens with one attached hydrogen (secondary N) is 1. The summed E-state index contributed by atoms with van der Waals surface area (Å²) < 4.78 is 0. The fourth-order valence-electron chi connectivity index (χ4n) is 0.934. The molecule has 0 radical (unpaired) electrons. The largest absolute Gasteiger partial charge is 0.385 e. The Kier molecular flexibility index (Phi) is 1.82. The van der Waals surface area contributed by atoms with Crippen LogP contribution in [-0.4, -0.2) is 15.0 Å². The number of nitrogen functional groups attached to an aromatic ring is 1. The van der Waals surface area contributed by atoms with Crippen LogP contribution in [0.4, 0.5) is 5.82 Å². The van der Waals surface area contributed by atoms with Gasteiger partial charge in [-0.3, -0.25) is 4.98 Å². The van der Waals surface area contributed by atoms with E-state index >= 15 is 0 Å². The first-order valence-corrected chi connectivity index (χ1v) is 4.40. The average molecular weight is 194 g/mol. The average Bonchev–Trinajstić information content (AvgIpc) is 2.56. The van der Waals surface area contributed by atoms with Gasteiger partial charge < -0.3 is 5.73 Å². The molecule has 6 heteroatoms. The second kappa shape index (κ2) is 2.98. The first-order chi connectivity index (χ1) is 6.27. The Bertz CT molecular complexity index is 462. The van der Waals surface area contributed by atoms with Crippen molar-refractivity contribution >= 4 is 17.2 Å². The zero-order chi connectivity index (χ0) is 9.26. The molecule has 0 aliphatic carbocycles. The number of aromatic amines is 1. The molecule has 0 aliphatic heterocycles. The predicted octanol–water partition coefficient (Wildman–Crippen LogP) is 0.476. The minimum Gasteiger partial charge on any atom is -0.385 e. The minimum absolute atomic E-state index is 0.301. The molecule has 0 amide bonds. The third-order valence-electron chi connectivity index (χ3n) is 1.51. The zero-order valence-corrected chi connectivity index (χ0v) is 7.34. The van der Waals surface area contributed by atoms with Crippen molar-refractivity contribution in [3.63, 3.8) is 0 Å². The quantitative estimate of drug-likeness (QED) is 0.691. The summed E-state index contributed by atoms with van der Waals surface area (Å²) in [6.07, 6.45) is 3.09. The van der Waals surface area contributed by atoms with Crippen molar-refractivity contribution in [3.8, 4) is 10.6 Å². The van der Waals surface area contributed by atoms with Gasteiger partial charge in [0.25, 0.3) is 0 Å². The maximum Gasteiger partial charge on any atom is 0.346 e. The standard InChI is InChI=1S/C7H6N4OS/c8-5-4(3-10-7(12)11-5)6-9-1-2-13-6/h1-3H,(H3,8,10,11,12). The molecule has 0 saturated carbocycles. The molecule has 0 spiro atoms. The van der Waals surface area contributed by atoms with Crippen LogP contribution in [-0.2, 0) is 0 Å². The van der Waals surface area contributed by atoms with Gasteiger partial charge in [0.05, 0.1) is 5.56 Å². The Hall–Kier alpha value is -1.69. The van der Waals surface area contributed by atoms with E-state index in [4.69, 9.17) is 5.73 Å². The van der Waals surface area contributed by atoms with E-state index in [2.05, 4.69) is 15.0 Å². The van der Waals surface area contributed by atoms with Gasteiger partial charge in [0.1, 0.15) is 10.8 Å². The van der Waals surface area contributed by atoms with Crippen molar-refractivity contribution in [2.24, 2.45) is 0 Å². The first kappa shape index (κ1) is 7.93. The Morgan fingerprint density at radius 2 is 2.31 bits per heavy atom. The van der Waals surface area contributed by atoms with E-state index in [1.807, 2.05) is 5.38 Å². The smallest absolute Gasteiger partial charge is 0.346 e. The number of nitrogens with two attached hydrogens (primary N) is 1. The Morgan fingerprint density at radius 3 is 2.92 bits per heavy atom. The third kappa shape index (κ3) is 1.43. The molecular formula is C7H6N4OS. The molecule has 2 heterocycles. The van der Waals surface area contributed by atoms with E-state index in [1.165, 1.54) is 17.5 Å². The summed E-state index contributed by atoms with van der Waals surface area (Å²) in [6.45, 7) is 0. The summed E-state index contributed by atoms with van der Waals surface area (Å²) in [4.78, 5) is 20.8. The predicted molar refractivity (Wildman–Crippen MR) is 50.4 cm³/mol. The summed E-state index contributed by atoms with van der Waals surface area (Å²) >= 11 is 1.44. The number of H-pyrrole nitrogens is 1. The van der Waals surface area contributed by atoms with Gasteiger partial charge in [-0.05, 0) is 0 Å². The van der Waals surface area contributed by atoms with Crippen molar-refractivity contribution < 1.29 is 0 Å². The first-order valence-electron chi connectivity index (χ1n) is 3.52. The van der Waals surface area contributed by atoms with Crippen LogP contribution >= 0.6 is 11.3 Å². The highest BCUT2D eigenvalue weighted by Gasteiger charge is 2.05. The molecule has 0 fully saturated rings. The van der Waals surface area contributed by atoms with Gasteiger partial charge in [0.15, 0.2) is 0 Å². The summed E-state index contributed by atoms with van der Waals surface area (Å²) in [6, 6.07) is 0. The van der Waals surface area contributed by atoms with Gasteiger partial charge in [0, 0.05) is 17.8 Å². The lowest BCUT2D eigenvalue weighted by Gasteiger charge is -1.98. The van der Waals surface area contributed by atoms with Crippen molar-refractivity contribution in [2.45, 2.75) is 0 Å². The van der Waals surface area contributed by atoms with E-state index < -0.39 is 5.69 Å². The number of aromatic nitrogens is 3. The normalized spacial score (nSPS) is 10.2. The SMILES string of the molecule is Nc1[nH]c(=O)ncc1-c1nccs1. The molecule has 0 bridgehead atoms. The third-order valence-corrected chi connectivity index (χ3v) is 2.31. The van der Waals surface area contributed by atoms with E-state index in [0.717, 1.165) is 5.01 Å². The van der Waals surface area contributed by atoms with Gasteiger partial charge >= 0.3 is 5.69 Å². The number of rotatable bonds is 1. The maximum absolute atomic E-state index is 10.7. The molecule has 2 aromatic rings. The summed E-state index contributed by atoms with van der Waals surface area (Å²) in [5, 5.41) is 2.58. The highest BCUT2D eigenvalue weighted by Crippen LogP contribution is 2.23. The Balaban J connectivity index is 2.60. The van der Waals surface area contributed by atoms with E-state index in [-0.39, 0.29) is 0 Å². The molecule has 13 heavy (non-hydrogen) atoms. The van der Waals surface area contributed by atoms with Gasteiger partial charge in [-0.15, -0.1) is 11.3 Å². The monoisotopic (exact) mass is 194 g/mol. The van der Waals surface area contributed by atoms with Gasteiger partial charge in [0.2, 0.25) is 0 Å². The highest BCUT2D eigenvalue weighted by atomic mass is 32.1. The molecule has 5 nitrogen and oxygen atoms in total. The molecular weight excluding hydrogens is 188 g/mol. The Morgan fingerprint density at radius 1 is 1.46 bits per heavy atom. The van der Waals surface area contributed by atoms with Gasteiger partial charge in [-0.2, -0.15) is 0 Å². The second-order valence-electron chi connectivity index (χ2n) is 2.35. The molecule has 3 N–H and O–H groups in total. The summed E-state index contributed by atoms with van der Waals surface area (Å²) in [7, 11) is 0. The Labute approximate surface area is 77.3 Å². The van der Waals surface area contributed by atoms with E-state index in [9.17, 15) is 4.79 Å². The fourth-order valence-corrected chi connectivity index (χ4v) is 1.60. The van der Waals surface area contributed by atoms with Crippen LogP contribution in [0.5, 0.6) is 0 Å². The lowest BCUT2D eigenvalue weighted by atomic mass is 10.3. The molecule has 2 rings (SSSR count). The van der Waals surface area contributed by atoms with Crippen LogP contribution < -0.4 is 11.4 Å². The van der Waals surface area contributed by atoms with E-state index in [0.29, 0.717) is 11.4 Å². The van der Waals surface area contributed by atoms with Crippen LogP contribution in [0.3, 0.4) is 0 Å². The molecule has 0 aliphatic rings. The number of nitrogens with zero attached hydrogens (tertiary/aromatic N) is 2. The van der Waals surface area contributed by atoms with Crippen LogP contribution in [0.15, 0.2) is 22.6 Å². The summed E-state index contributed by atoms with van der Waals surface area (Å²) in [5.41, 5.74) is 5.80. The van der Waals surface area contributed by atoms with Crippen molar-refractivity contribution in [3.05, 3.63) is 28.3 Å². The van der Waals surface area contributed by atoms with Crippen molar-refractivity contribution in [1.29, 1.82) is 0 Å². The van der Waals surface area contributed by atoms with E-state index in [1.54, 1.807) is 6.20 Å². The van der Waals surface area contributed by atoms with Crippen LogP contribution in [0, 0.1) is 0 Å². The van der Waals surface area contributed by atoms with Crippen LogP contribution in [0.1, 0.15) is 0 Å². The van der Waals surface area contributed by atoms with Gasteiger partial charge in [-0.25, -0.2) is 14.8 Å². The molecule has 66 valence electrons. The highest BCUT2D eigenvalue weighted by molar-refractivity contribution is 7.13. The topological polar surface area (TPSA) is 84.7 Å². The number of hydrogen-bond donors (Lipinski definition) is 2. The molecule has 0 saturated heterocycles. The second-order valence-corrected chi connectivity index (χ2v) is 3.25. The molecule has 0 atom stereocenters. The fraction of sp³-hybridized carbons (Fsp3) is 0. The van der Waals surface area contributed by atoms with Crippen LogP contribution in [0.25, 0.3) is 10.6 Å².